The van der Waals surface area contributed by atoms with Gasteiger partial charge in [0.2, 0.25) is 5.91 Å². The van der Waals surface area contributed by atoms with E-state index in [2.05, 4.69) is 17.6 Å². The summed E-state index contributed by atoms with van der Waals surface area (Å²) in [6.45, 7) is 4.03. The molecule has 0 aromatic rings. The highest BCUT2D eigenvalue weighted by Crippen LogP contribution is 2.32. The summed E-state index contributed by atoms with van der Waals surface area (Å²) < 4.78 is 0. The van der Waals surface area contributed by atoms with Gasteiger partial charge >= 0.3 is 0 Å². The Balaban J connectivity index is 1.91. The minimum Gasteiger partial charge on any atom is -0.352 e. The molecule has 0 bridgehead atoms. The van der Waals surface area contributed by atoms with Gasteiger partial charge < -0.3 is 10.6 Å². The zero-order chi connectivity index (χ0) is 12.1. The van der Waals surface area contributed by atoms with E-state index in [9.17, 15) is 4.79 Å². The van der Waals surface area contributed by atoms with Gasteiger partial charge in [0.05, 0.1) is 5.41 Å². The van der Waals surface area contributed by atoms with Crippen molar-refractivity contribution in [2.24, 2.45) is 5.41 Å². The lowest BCUT2D eigenvalue weighted by Gasteiger charge is -2.30. The van der Waals surface area contributed by atoms with Crippen molar-refractivity contribution in [2.75, 3.05) is 24.6 Å². The van der Waals surface area contributed by atoms with E-state index >= 15 is 0 Å². The molecule has 2 atom stereocenters. The molecule has 3 nitrogen and oxygen atoms in total. The van der Waals surface area contributed by atoms with Crippen molar-refractivity contribution < 1.29 is 4.79 Å². The Morgan fingerprint density at radius 1 is 1.59 bits per heavy atom. The van der Waals surface area contributed by atoms with Crippen molar-refractivity contribution in [2.45, 2.75) is 45.1 Å². The molecule has 2 aliphatic heterocycles. The summed E-state index contributed by atoms with van der Waals surface area (Å²) in [5.41, 5.74) is -0.114. The number of thioether (sulfide) groups is 1. The zero-order valence-electron chi connectivity index (χ0n) is 10.8. The zero-order valence-corrected chi connectivity index (χ0v) is 11.6. The molecule has 0 aliphatic carbocycles. The molecule has 0 saturated carbocycles. The van der Waals surface area contributed by atoms with E-state index in [-0.39, 0.29) is 5.41 Å². The Kier molecular flexibility index (Phi) is 4.74. The maximum atomic E-state index is 12.5. The average Bonchev–Trinajstić information content (AvgIpc) is 2.81. The fourth-order valence-electron chi connectivity index (χ4n) is 2.94. The van der Waals surface area contributed by atoms with E-state index in [0.29, 0.717) is 11.9 Å². The molecule has 0 radical (unpaired) electrons. The number of carbonyl (C=O) groups excluding carboxylic acids is 1. The maximum Gasteiger partial charge on any atom is 0.227 e. The number of amides is 1. The number of hydrogen-bond donors (Lipinski definition) is 2. The fourth-order valence-corrected chi connectivity index (χ4v) is 4.01. The van der Waals surface area contributed by atoms with Crippen LogP contribution >= 0.6 is 11.8 Å². The molecule has 2 N–H and O–H groups in total. The van der Waals surface area contributed by atoms with Crippen LogP contribution in [-0.2, 0) is 4.79 Å². The predicted octanol–water partition coefficient (Wildman–Crippen LogP) is 1.78. The van der Waals surface area contributed by atoms with Crippen molar-refractivity contribution in [1.82, 2.24) is 10.6 Å². The van der Waals surface area contributed by atoms with Crippen LogP contribution in [-0.4, -0.2) is 36.5 Å². The van der Waals surface area contributed by atoms with Crippen LogP contribution in [0.2, 0.25) is 0 Å². The van der Waals surface area contributed by atoms with Crippen molar-refractivity contribution in [3.63, 3.8) is 0 Å². The lowest BCUT2D eigenvalue weighted by atomic mass is 9.81. The average molecular weight is 256 g/mol. The first-order valence-corrected chi connectivity index (χ1v) is 8.02. The first-order valence-electron chi connectivity index (χ1n) is 6.86. The van der Waals surface area contributed by atoms with Gasteiger partial charge in [0.1, 0.15) is 0 Å². The first kappa shape index (κ1) is 13.2. The largest absolute Gasteiger partial charge is 0.352 e. The second kappa shape index (κ2) is 6.10. The number of rotatable bonds is 4. The van der Waals surface area contributed by atoms with Gasteiger partial charge in [-0.05, 0) is 38.0 Å². The third-order valence-corrected chi connectivity index (χ3v) is 5.16. The summed E-state index contributed by atoms with van der Waals surface area (Å²) in [6.07, 6.45) is 5.52. The smallest absolute Gasteiger partial charge is 0.227 e. The Hall–Kier alpha value is -0.220. The summed E-state index contributed by atoms with van der Waals surface area (Å²) in [6, 6.07) is 0.413. The fraction of sp³-hybridized carbons (Fsp3) is 0.923. The van der Waals surface area contributed by atoms with Crippen LogP contribution in [0.15, 0.2) is 0 Å². The number of carbonyl (C=O) groups is 1. The second-order valence-electron chi connectivity index (χ2n) is 5.34. The van der Waals surface area contributed by atoms with Crippen LogP contribution < -0.4 is 10.6 Å². The van der Waals surface area contributed by atoms with E-state index < -0.39 is 0 Å². The molecule has 1 amide bonds. The van der Waals surface area contributed by atoms with Crippen LogP contribution in [0, 0.1) is 5.41 Å². The highest BCUT2D eigenvalue weighted by Gasteiger charge is 2.40. The summed E-state index contributed by atoms with van der Waals surface area (Å²) in [4.78, 5) is 12.5. The van der Waals surface area contributed by atoms with Crippen molar-refractivity contribution in [3.05, 3.63) is 0 Å². The Morgan fingerprint density at radius 2 is 2.47 bits per heavy atom. The van der Waals surface area contributed by atoms with E-state index in [1.165, 1.54) is 12.2 Å². The molecule has 2 heterocycles. The standard InChI is InChI=1S/C13H24N2OS/c1-2-5-13(6-7-14-10-13)12(16)15-11-4-3-8-17-9-11/h11,14H,2-10H2,1H3,(H,15,16). The highest BCUT2D eigenvalue weighted by atomic mass is 32.2. The third-order valence-electron chi connectivity index (χ3n) is 3.95. The molecule has 17 heavy (non-hydrogen) atoms. The summed E-state index contributed by atoms with van der Waals surface area (Å²) in [7, 11) is 0. The normalized spacial score (nSPS) is 33.6. The summed E-state index contributed by atoms with van der Waals surface area (Å²) in [5, 5.41) is 6.64. The number of hydrogen-bond acceptors (Lipinski definition) is 3. The summed E-state index contributed by atoms with van der Waals surface area (Å²) >= 11 is 1.97. The molecule has 2 aliphatic rings. The lowest BCUT2D eigenvalue weighted by Crippen LogP contribution is -2.48. The van der Waals surface area contributed by atoms with Gasteiger partial charge in [-0.25, -0.2) is 0 Å². The van der Waals surface area contributed by atoms with Gasteiger partial charge in [-0.2, -0.15) is 11.8 Å². The van der Waals surface area contributed by atoms with E-state index in [1.807, 2.05) is 11.8 Å². The van der Waals surface area contributed by atoms with Crippen molar-refractivity contribution in [3.8, 4) is 0 Å². The monoisotopic (exact) mass is 256 g/mol. The maximum absolute atomic E-state index is 12.5. The minimum absolute atomic E-state index is 0.114. The first-order chi connectivity index (χ1) is 8.27. The van der Waals surface area contributed by atoms with Gasteiger partial charge in [0, 0.05) is 18.3 Å². The van der Waals surface area contributed by atoms with Gasteiger partial charge in [0.25, 0.3) is 0 Å². The van der Waals surface area contributed by atoms with E-state index in [1.54, 1.807) is 0 Å². The molecule has 2 fully saturated rings. The van der Waals surface area contributed by atoms with Gasteiger partial charge in [0.15, 0.2) is 0 Å². The highest BCUT2D eigenvalue weighted by molar-refractivity contribution is 7.99. The Morgan fingerprint density at radius 3 is 3.06 bits per heavy atom. The van der Waals surface area contributed by atoms with Gasteiger partial charge in [-0.1, -0.05) is 13.3 Å². The van der Waals surface area contributed by atoms with Gasteiger partial charge in [-0.15, -0.1) is 0 Å². The molecule has 4 heteroatoms. The molecule has 0 aromatic carbocycles. The molecular formula is C13H24N2OS. The molecule has 0 spiro atoms. The molecule has 2 rings (SSSR count). The molecular weight excluding hydrogens is 232 g/mol. The molecule has 0 aromatic heterocycles. The van der Waals surface area contributed by atoms with Crippen LogP contribution in [0.5, 0.6) is 0 Å². The van der Waals surface area contributed by atoms with E-state index in [0.717, 1.165) is 44.5 Å². The topological polar surface area (TPSA) is 41.1 Å². The summed E-state index contributed by atoms with van der Waals surface area (Å²) in [5.74, 6) is 2.66. The van der Waals surface area contributed by atoms with Crippen LogP contribution in [0.25, 0.3) is 0 Å². The quantitative estimate of drug-likeness (QED) is 0.805. The van der Waals surface area contributed by atoms with Crippen LogP contribution in [0.3, 0.4) is 0 Å². The van der Waals surface area contributed by atoms with Gasteiger partial charge in [-0.3, -0.25) is 4.79 Å². The third kappa shape index (κ3) is 3.16. The second-order valence-corrected chi connectivity index (χ2v) is 6.49. The SMILES string of the molecule is CCCC1(C(=O)NC2CCCSC2)CCNC1. The Bertz CT molecular complexity index is 258. The van der Waals surface area contributed by atoms with Crippen LogP contribution in [0.1, 0.15) is 39.0 Å². The predicted molar refractivity (Wildman–Crippen MR) is 73.3 cm³/mol. The lowest BCUT2D eigenvalue weighted by molar-refractivity contribution is -0.131. The van der Waals surface area contributed by atoms with Crippen molar-refractivity contribution >= 4 is 17.7 Å². The molecule has 98 valence electrons. The molecule has 2 unspecified atom stereocenters. The van der Waals surface area contributed by atoms with Crippen LogP contribution in [0.4, 0.5) is 0 Å². The Labute approximate surface area is 108 Å². The van der Waals surface area contributed by atoms with Crippen molar-refractivity contribution in [1.29, 1.82) is 0 Å². The molecule has 2 saturated heterocycles. The van der Waals surface area contributed by atoms with E-state index in [4.69, 9.17) is 0 Å². The number of nitrogens with one attached hydrogen (secondary N) is 2. The minimum atomic E-state index is -0.114.